The Morgan fingerprint density at radius 2 is 2.05 bits per heavy atom. The summed E-state index contributed by atoms with van der Waals surface area (Å²) in [5.74, 6) is -0.418. The van der Waals surface area contributed by atoms with Gasteiger partial charge in [-0.2, -0.15) is 4.31 Å². The van der Waals surface area contributed by atoms with Gasteiger partial charge in [-0.1, -0.05) is 6.07 Å². The molecule has 1 aromatic rings. The Labute approximate surface area is 118 Å². The number of methoxy groups -OCH3 is 1. The predicted molar refractivity (Wildman–Crippen MR) is 72.5 cm³/mol. The topological polar surface area (TPSA) is 46.6 Å². The van der Waals surface area contributed by atoms with Crippen molar-refractivity contribution < 1.29 is 17.5 Å². The van der Waals surface area contributed by atoms with Crippen LogP contribution in [0.25, 0.3) is 0 Å². The number of hydrogen-bond acceptors (Lipinski definition) is 3. The largest absolute Gasteiger partial charge is 0.383 e. The summed E-state index contributed by atoms with van der Waals surface area (Å²) in [6.07, 6.45) is 0. The van der Waals surface area contributed by atoms with Crippen LogP contribution in [0.1, 0.15) is 5.56 Å². The van der Waals surface area contributed by atoms with Crippen LogP contribution in [0.2, 0.25) is 0 Å². The Morgan fingerprint density at radius 3 is 2.63 bits per heavy atom. The number of halogens is 2. The van der Waals surface area contributed by atoms with E-state index in [0.29, 0.717) is 5.56 Å². The molecule has 19 heavy (non-hydrogen) atoms. The summed E-state index contributed by atoms with van der Waals surface area (Å²) in [5.41, 5.74) is 0.499. The summed E-state index contributed by atoms with van der Waals surface area (Å²) >= 11 is 5.62. The summed E-state index contributed by atoms with van der Waals surface area (Å²) < 4.78 is 44.2. The smallest absolute Gasteiger partial charge is 0.243 e. The highest BCUT2D eigenvalue weighted by atomic mass is 35.5. The third-order valence-electron chi connectivity index (χ3n) is 2.65. The van der Waals surface area contributed by atoms with Gasteiger partial charge in [-0.05, 0) is 24.6 Å². The van der Waals surface area contributed by atoms with Crippen LogP contribution in [0.4, 0.5) is 4.39 Å². The fourth-order valence-electron chi connectivity index (χ4n) is 1.63. The lowest BCUT2D eigenvalue weighted by Gasteiger charge is -2.21. The molecule has 0 spiro atoms. The SMILES string of the molecule is COCCN(CCCl)S(=O)(=O)c1cc(F)ccc1C. The number of sulfonamides is 1. The molecule has 0 saturated heterocycles. The van der Waals surface area contributed by atoms with E-state index < -0.39 is 15.8 Å². The first-order valence-corrected chi connectivity index (χ1v) is 7.72. The molecule has 0 radical (unpaired) electrons. The second-order valence-corrected chi connectivity index (χ2v) is 6.28. The van der Waals surface area contributed by atoms with E-state index in [-0.39, 0.29) is 30.5 Å². The third kappa shape index (κ3) is 4.14. The summed E-state index contributed by atoms with van der Waals surface area (Å²) in [6, 6.07) is 3.70. The van der Waals surface area contributed by atoms with E-state index in [9.17, 15) is 12.8 Å². The average molecular weight is 310 g/mol. The van der Waals surface area contributed by atoms with E-state index in [1.54, 1.807) is 6.92 Å². The van der Waals surface area contributed by atoms with Crippen molar-refractivity contribution in [2.75, 3.05) is 32.7 Å². The fourth-order valence-corrected chi connectivity index (χ4v) is 3.60. The van der Waals surface area contributed by atoms with E-state index in [0.717, 1.165) is 6.07 Å². The summed E-state index contributed by atoms with van der Waals surface area (Å²) in [4.78, 5) is -0.0336. The number of hydrogen-bond donors (Lipinski definition) is 0. The van der Waals surface area contributed by atoms with Crippen molar-refractivity contribution in [1.82, 2.24) is 4.31 Å². The molecule has 1 rings (SSSR count). The normalized spacial score (nSPS) is 12.1. The van der Waals surface area contributed by atoms with Crippen LogP contribution in [0.3, 0.4) is 0 Å². The van der Waals surface area contributed by atoms with Gasteiger partial charge in [-0.15, -0.1) is 11.6 Å². The maximum atomic E-state index is 13.2. The molecule has 0 unspecified atom stereocenters. The zero-order valence-electron chi connectivity index (χ0n) is 10.9. The van der Waals surface area contributed by atoms with Crippen LogP contribution in [0.5, 0.6) is 0 Å². The molecule has 0 aliphatic heterocycles. The Hall–Kier alpha value is -0.690. The molecule has 0 bridgehead atoms. The lowest BCUT2D eigenvalue weighted by Crippen LogP contribution is -2.35. The van der Waals surface area contributed by atoms with Crippen molar-refractivity contribution in [2.24, 2.45) is 0 Å². The molecule has 0 saturated carbocycles. The van der Waals surface area contributed by atoms with Crippen LogP contribution in [-0.4, -0.2) is 45.4 Å². The molecule has 0 atom stereocenters. The van der Waals surface area contributed by atoms with Crippen molar-refractivity contribution in [3.8, 4) is 0 Å². The number of ether oxygens (including phenoxy) is 1. The Morgan fingerprint density at radius 1 is 1.37 bits per heavy atom. The van der Waals surface area contributed by atoms with Crippen molar-refractivity contribution in [3.05, 3.63) is 29.6 Å². The molecular weight excluding hydrogens is 293 g/mol. The van der Waals surface area contributed by atoms with Gasteiger partial charge in [0.15, 0.2) is 0 Å². The fraction of sp³-hybridized carbons (Fsp3) is 0.500. The molecule has 0 heterocycles. The predicted octanol–water partition coefficient (Wildman–Crippen LogP) is 2.01. The van der Waals surface area contributed by atoms with Crippen molar-refractivity contribution in [3.63, 3.8) is 0 Å². The van der Waals surface area contributed by atoms with Crippen LogP contribution in [0, 0.1) is 12.7 Å². The molecule has 108 valence electrons. The first kappa shape index (κ1) is 16.4. The van der Waals surface area contributed by atoms with E-state index in [1.807, 2.05) is 0 Å². The van der Waals surface area contributed by atoms with Crippen molar-refractivity contribution in [2.45, 2.75) is 11.8 Å². The van der Waals surface area contributed by atoms with Crippen molar-refractivity contribution >= 4 is 21.6 Å². The standard InChI is InChI=1S/C12H17ClFNO3S/c1-10-3-4-11(14)9-12(10)19(16,17)15(6-5-13)7-8-18-2/h3-4,9H,5-8H2,1-2H3. The zero-order valence-corrected chi connectivity index (χ0v) is 12.5. The van der Waals surface area contributed by atoms with Gasteiger partial charge in [0, 0.05) is 26.1 Å². The van der Waals surface area contributed by atoms with Gasteiger partial charge >= 0.3 is 0 Å². The molecule has 0 aromatic heterocycles. The lowest BCUT2D eigenvalue weighted by atomic mass is 10.2. The molecule has 4 nitrogen and oxygen atoms in total. The van der Waals surface area contributed by atoms with Gasteiger partial charge in [-0.3, -0.25) is 0 Å². The third-order valence-corrected chi connectivity index (χ3v) is 4.86. The van der Waals surface area contributed by atoms with Crippen molar-refractivity contribution in [1.29, 1.82) is 0 Å². The molecule has 0 aliphatic carbocycles. The maximum Gasteiger partial charge on any atom is 0.243 e. The summed E-state index contributed by atoms with van der Waals surface area (Å²) in [7, 11) is -2.27. The highest BCUT2D eigenvalue weighted by Gasteiger charge is 2.25. The van der Waals surface area contributed by atoms with Crippen LogP contribution in [0.15, 0.2) is 23.1 Å². The second kappa shape index (κ2) is 7.19. The Kier molecular flexibility index (Phi) is 6.19. The Balaban J connectivity index is 3.14. The monoisotopic (exact) mass is 309 g/mol. The quantitative estimate of drug-likeness (QED) is 0.724. The number of nitrogens with zero attached hydrogens (tertiary/aromatic N) is 1. The number of alkyl halides is 1. The van der Waals surface area contributed by atoms with E-state index >= 15 is 0 Å². The second-order valence-electron chi connectivity index (χ2n) is 4.00. The van der Waals surface area contributed by atoms with Crippen LogP contribution < -0.4 is 0 Å². The molecule has 0 amide bonds. The van der Waals surface area contributed by atoms with Crippen LogP contribution in [-0.2, 0) is 14.8 Å². The Bertz CT molecular complexity index is 522. The highest BCUT2D eigenvalue weighted by Crippen LogP contribution is 2.20. The first-order chi connectivity index (χ1) is 8.93. The van der Waals surface area contributed by atoms with E-state index in [2.05, 4.69) is 0 Å². The molecule has 0 fully saturated rings. The van der Waals surface area contributed by atoms with Gasteiger partial charge in [0.2, 0.25) is 10.0 Å². The van der Waals surface area contributed by atoms with Gasteiger partial charge < -0.3 is 4.74 Å². The first-order valence-electron chi connectivity index (χ1n) is 5.74. The van der Waals surface area contributed by atoms with Crippen LogP contribution >= 0.6 is 11.6 Å². The number of rotatable bonds is 7. The highest BCUT2D eigenvalue weighted by molar-refractivity contribution is 7.89. The maximum absolute atomic E-state index is 13.2. The number of benzene rings is 1. The molecule has 0 aliphatic rings. The molecule has 0 N–H and O–H groups in total. The zero-order chi connectivity index (χ0) is 14.5. The summed E-state index contributed by atoms with van der Waals surface area (Å²) in [6.45, 7) is 2.22. The molecule has 1 aromatic carbocycles. The minimum Gasteiger partial charge on any atom is -0.383 e. The van der Waals surface area contributed by atoms with E-state index in [4.69, 9.17) is 16.3 Å². The van der Waals surface area contributed by atoms with Gasteiger partial charge in [0.1, 0.15) is 5.82 Å². The number of aryl methyl sites for hydroxylation is 1. The van der Waals surface area contributed by atoms with Gasteiger partial charge in [0.25, 0.3) is 0 Å². The summed E-state index contributed by atoms with van der Waals surface area (Å²) in [5, 5.41) is 0. The lowest BCUT2D eigenvalue weighted by molar-refractivity contribution is 0.180. The van der Waals surface area contributed by atoms with E-state index in [1.165, 1.54) is 23.5 Å². The van der Waals surface area contributed by atoms with Gasteiger partial charge in [-0.25, -0.2) is 12.8 Å². The van der Waals surface area contributed by atoms with Gasteiger partial charge in [0.05, 0.1) is 11.5 Å². The molecule has 7 heteroatoms. The average Bonchev–Trinajstić information content (AvgIpc) is 2.37. The minimum atomic E-state index is -3.76. The molecular formula is C12H17ClFNO3S. The minimum absolute atomic E-state index is 0.0336.